The van der Waals surface area contributed by atoms with Gasteiger partial charge in [-0.1, -0.05) is 44.9 Å². The molecule has 0 fully saturated rings. The molecular weight excluding hydrogens is 260 g/mol. The molecule has 1 aromatic rings. The summed E-state index contributed by atoms with van der Waals surface area (Å²) < 4.78 is 0. The molecule has 0 aliphatic carbocycles. The number of nitrogens with two attached hydrogens (primary N) is 1. The Morgan fingerprint density at radius 3 is 2.48 bits per heavy atom. The minimum Gasteiger partial charge on any atom is -0.330 e. The number of hydrogen-bond acceptors (Lipinski definition) is 2. The highest BCUT2D eigenvalue weighted by atomic mass is 16.2. The van der Waals surface area contributed by atoms with Crippen LogP contribution in [0.3, 0.4) is 0 Å². The summed E-state index contributed by atoms with van der Waals surface area (Å²) in [5.74, 6) is 0.813. The molecule has 1 atom stereocenters. The molecule has 0 bridgehead atoms. The average Bonchev–Trinajstić information content (AvgIpc) is 2.52. The van der Waals surface area contributed by atoms with Gasteiger partial charge in [-0.25, -0.2) is 0 Å². The van der Waals surface area contributed by atoms with Crippen molar-refractivity contribution in [1.29, 1.82) is 0 Å². The highest BCUT2D eigenvalue weighted by molar-refractivity contribution is 5.93. The van der Waals surface area contributed by atoms with Gasteiger partial charge < -0.3 is 10.6 Å². The lowest BCUT2D eigenvalue weighted by atomic mass is 9.96. The second-order valence-corrected chi connectivity index (χ2v) is 5.62. The predicted octanol–water partition coefficient (Wildman–Crippen LogP) is 3.97. The van der Waals surface area contributed by atoms with E-state index in [2.05, 4.69) is 13.8 Å². The highest BCUT2D eigenvalue weighted by Gasteiger charge is 2.16. The van der Waals surface area contributed by atoms with Crippen LogP contribution in [-0.2, 0) is 4.79 Å². The van der Waals surface area contributed by atoms with Gasteiger partial charge in [0, 0.05) is 18.7 Å². The van der Waals surface area contributed by atoms with Gasteiger partial charge in [-0.2, -0.15) is 0 Å². The van der Waals surface area contributed by atoms with Crippen LogP contribution in [0.4, 0.5) is 5.69 Å². The maximum Gasteiger partial charge on any atom is 0.226 e. The van der Waals surface area contributed by atoms with E-state index in [1.807, 2.05) is 35.2 Å². The van der Waals surface area contributed by atoms with Gasteiger partial charge in [-0.05, 0) is 43.9 Å². The number of carbonyl (C=O) groups is 1. The monoisotopic (exact) mass is 290 g/mol. The van der Waals surface area contributed by atoms with Gasteiger partial charge in [0.1, 0.15) is 0 Å². The molecular formula is C18H30N2O. The Bertz CT molecular complexity index is 391. The van der Waals surface area contributed by atoms with Gasteiger partial charge in [0.2, 0.25) is 5.91 Å². The minimum absolute atomic E-state index is 0.241. The Morgan fingerprint density at radius 2 is 1.90 bits per heavy atom. The third-order valence-corrected chi connectivity index (χ3v) is 4.02. The van der Waals surface area contributed by atoms with E-state index in [4.69, 9.17) is 5.73 Å². The van der Waals surface area contributed by atoms with Gasteiger partial charge in [0.05, 0.1) is 0 Å². The Balaban J connectivity index is 2.63. The van der Waals surface area contributed by atoms with E-state index in [0.29, 0.717) is 18.9 Å². The van der Waals surface area contributed by atoms with E-state index >= 15 is 0 Å². The minimum atomic E-state index is 0.241. The molecule has 0 aliphatic heterocycles. The zero-order valence-corrected chi connectivity index (χ0v) is 13.6. The molecule has 1 unspecified atom stereocenters. The molecule has 21 heavy (non-hydrogen) atoms. The largest absolute Gasteiger partial charge is 0.330 e. The molecule has 0 radical (unpaired) electrons. The first kappa shape index (κ1) is 17.7. The molecule has 1 aromatic carbocycles. The van der Waals surface area contributed by atoms with Gasteiger partial charge in [-0.15, -0.1) is 0 Å². The van der Waals surface area contributed by atoms with E-state index in [9.17, 15) is 4.79 Å². The number of hydrogen-bond donors (Lipinski definition) is 1. The number of benzene rings is 1. The van der Waals surface area contributed by atoms with Crippen LogP contribution in [0.15, 0.2) is 30.3 Å². The molecule has 0 spiro atoms. The van der Waals surface area contributed by atoms with Crippen LogP contribution in [0, 0.1) is 5.92 Å². The molecule has 1 amide bonds. The number of rotatable bonds is 10. The van der Waals surface area contributed by atoms with Crippen LogP contribution < -0.4 is 10.6 Å². The zero-order chi connectivity index (χ0) is 15.5. The van der Waals surface area contributed by atoms with E-state index in [-0.39, 0.29) is 5.91 Å². The second kappa shape index (κ2) is 10.4. The topological polar surface area (TPSA) is 46.3 Å². The molecule has 0 heterocycles. The van der Waals surface area contributed by atoms with E-state index in [0.717, 1.165) is 44.3 Å². The molecule has 0 aliphatic rings. The number of para-hydroxylation sites is 1. The van der Waals surface area contributed by atoms with E-state index in [1.165, 1.54) is 0 Å². The molecule has 3 heteroatoms. The van der Waals surface area contributed by atoms with Crippen LogP contribution >= 0.6 is 0 Å². The summed E-state index contributed by atoms with van der Waals surface area (Å²) in [6.07, 6.45) is 5.83. The zero-order valence-electron chi connectivity index (χ0n) is 13.6. The summed E-state index contributed by atoms with van der Waals surface area (Å²) in [7, 11) is 0. The molecule has 2 N–H and O–H groups in total. The third kappa shape index (κ3) is 6.30. The summed E-state index contributed by atoms with van der Waals surface area (Å²) in [5.41, 5.74) is 6.65. The molecule has 3 nitrogen and oxygen atoms in total. The average molecular weight is 290 g/mol. The lowest BCUT2D eigenvalue weighted by molar-refractivity contribution is -0.118. The van der Waals surface area contributed by atoms with Crippen molar-refractivity contribution in [3.05, 3.63) is 30.3 Å². The Hall–Kier alpha value is -1.35. The van der Waals surface area contributed by atoms with Crippen molar-refractivity contribution in [2.24, 2.45) is 11.7 Å². The maximum absolute atomic E-state index is 12.6. The summed E-state index contributed by atoms with van der Waals surface area (Å²) in [6.45, 7) is 5.86. The quantitative estimate of drug-likeness (QED) is 0.708. The van der Waals surface area contributed by atoms with Crippen molar-refractivity contribution in [2.45, 2.75) is 52.4 Å². The Morgan fingerprint density at radius 1 is 1.19 bits per heavy atom. The molecule has 0 saturated carbocycles. The predicted molar refractivity (Wildman–Crippen MR) is 90.4 cm³/mol. The number of unbranched alkanes of at least 4 members (excludes halogenated alkanes) is 1. The first-order valence-corrected chi connectivity index (χ1v) is 8.28. The number of amides is 1. The van der Waals surface area contributed by atoms with Crippen molar-refractivity contribution in [3.8, 4) is 0 Å². The highest BCUT2D eigenvalue weighted by Crippen LogP contribution is 2.19. The second-order valence-electron chi connectivity index (χ2n) is 5.62. The van der Waals surface area contributed by atoms with Crippen LogP contribution in [0.2, 0.25) is 0 Å². The fourth-order valence-corrected chi connectivity index (χ4v) is 2.57. The lowest BCUT2D eigenvalue weighted by Crippen LogP contribution is -2.32. The molecule has 118 valence electrons. The fraction of sp³-hybridized carbons (Fsp3) is 0.611. The SMILES string of the molecule is CCCCN(C(=O)CCC(CC)CCN)c1ccccc1. The normalized spacial score (nSPS) is 12.1. The Labute approximate surface area is 129 Å². The number of carbonyl (C=O) groups excluding carboxylic acids is 1. The molecule has 0 aromatic heterocycles. The van der Waals surface area contributed by atoms with Gasteiger partial charge in [0.15, 0.2) is 0 Å². The van der Waals surface area contributed by atoms with Gasteiger partial charge in [-0.3, -0.25) is 4.79 Å². The third-order valence-electron chi connectivity index (χ3n) is 4.02. The molecule has 0 saturated heterocycles. The van der Waals surface area contributed by atoms with Gasteiger partial charge >= 0.3 is 0 Å². The van der Waals surface area contributed by atoms with E-state index < -0.39 is 0 Å². The maximum atomic E-state index is 12.6. The first-order chi connectivity index (χ1) is 10.2. The first-order valence-electron chi connectivity index (χ1n) is 8.28. The van der Waals surface area contributed by atoms with Crippen LogP contribution in [0.5, 0.6) is 0 Å². The van der Waals surface area contributed by atoms with Crippen LogP contribution in [0.1, 0.15) is 52.4 Å². The fourth-order valence-electron chi connectivity index (χ4n) is 2.57. The van der Waals surface area contributed by atoms with Crippen LogP contribution in [0.25, 0.3) is 0 Å². The summed E-state index contributed by atoms with van der Waals surface area (Å²) in [4.78, 5) is 14.5. The van der Waals surface area contributed by atoms with Crippen molar-refractivity contribution in [1.82, 2.24) is 0 Å². The smallest absolute Gasteiger partial charge is 0.226 e. The summed E-state index contributed by atoms with van der Waals surface area (Å²) >= 11 is 0. The lowest BCUT2D eigenvalue weighted by Gasteiger charge is -2.24. The van der Waals surface area contributed by atoms with Crippen molar-refractivity contribution < 1.29 is 4.79 Å². The van der Waals surface area contributed by atoms with Crippen molar-refractivity contribution >= 4 is 11.6 Å². The summed E-state index contributed by atoms with van der Waals surface area (Å²) in [5, 5.41) is 0. The Kier molecular flexibility index (Phi) is 8.76. The summed E-state index contributed by atoms with van der Waals surface area (Å²) in [6, 6.07) is 10.0. The number of anilines is 1. The van der Waals surface area contributed by atoms with Crippen molar-refractivity contribution in [2.75, 3.05) is 18.0 Å². The van der Waals surface area contributed by atoms with Crippen LogP contribution in [-0.4, -0.2) is 19.0 Å². The molecule has 1 rings (SSSR count). The van der Waals surface area contributed by atoms with Crippen molar-refractivity contribution in [3.63, 3.8) is 0 Å². The number of nitrogens with zero attached hydrogens (tertiary/aromatic N) is 1. The van der Waals surface area contributed by atoms with Gasteiger partial charge in [0.25, 0.3) is 0 Å². The van der Waals surface area contributed by atoms with E-state index in [1.54, 1.807) is 0 Å². The standard InChI is InChI=1S/C18H30N2O/c1-3-5-15-20(17-9-7-6-8-10-17)18(21)12-11-16(4-2)13-14-19/h6-10,16H,3-5,11-15,19H2,1-2H3.